The number of rotatable bonds is 6. The van der Waals surface area contributed by atoms with Crippen molar-refractivity contribution in [1.82, 2.24) is 0 Å². The summed E-state index contributed by atoms with van der Waals surface area (Å²) in [5.74, 6) is -0.966. The minimum absolute atomic E-state index is 0.0639. The van der Waals surface area contributed by atoms with Gasteiger partial charge in [-0.15, -0.1) is 0 Å². The molecule has 134 valence electrons. The topological polar surface area (TPSA) is 86.4 Å². The summed E-state index contributed by atoms with van der Waals surface area (Å²) in [6.07, 6.45) is 0. The van der Waals surface area contributed by atoms with E-state index in [1.807, 2.05) is 6.07 Å². The second kappa shape index (κ2) is 8.94. The molecule has 2 rings (SSSR count). The number of nitrogens with one attached hydrogen (secondary N) is 3. The molecule has 2 amide bonds. The van der Waals surface area contributed by atoms with E-state index in [2.05, 4.69) is 10.6 Å². The molecule has 0 aromatic heterocycles. The molecule has 0 aliphatic heterocycles. The molecule has 0 fully saturated rings. The van der Waals surface area contributed by atoms with Crippen LogP contribution in [-0.4, -0.2) is 32.0 Å². The summed E-state index contributed by atoms with van der Waals surface area (Å²) in [5, 5.41) is 14.4. The molecule has 0 heterocycles. The minimum atomic E-state index is -0.384. The smallest absolute Gasteiger partial charge is 0.279 e. The highest BCUT2D eigenvalue weighted by atomic mass is 35.5. The van der Waals surface area contributed by atoms with Crippen molar-refractivity contribution in [2.75, 3.05) is 30.8 Å². The van der Waals surface area contributed by atoms with Crippen LogP contribution in [0.2, 0.25) is 5.02 Å². The first-order valence-electron chi connectivity index (χ1n) is 7.73. The molecule has 0 spiro atoms. The van der Waals surface area contributed by atoms with Crippen molar-refractivity contribution in [3.8, 4) is 6.07 Å². The molecule has 0 saturated carbocycles. The number of halogens is 2. The first-order valence-corrected chi connectivity index (χ1v) is 8.11. The lowest BCUT2D eigenvalue weighted by Gasteiger charge is -2.14. The molecule has 0 aliphatic rings. The lowest BCUT2D eigenvalue weighted by atomic mass is 10.2. The van der Waals surface area contributed by atoms with Crippen molar-refractivity contribution in [2.24, 2.45) is 0 Å². The maximum atomic E-state index is 12.8. The van der Waals surface area contributed by atoms with Gasteiger partial charge >= 0.3 is 0 Å². The zero-order chi connectivity index (χ0) is 19.1. The number of nitriles is 1. The Balaban J connectivity index is 1.82. The molecule has 0 bridgehead atoms. The molecule has 2 aromatic rings. The summed E-state index contributed by atoms with van der Waals surface area (Å²) >= 11 is 5.92. The fourth-order valence-corrected chi connectivity index (χ4v) is 2.46. The molecule has 1 unspecified atom stereocenters. The van der Waals surface area contributed by atoms with Crippen molar-refractivity contribution < 1.29 is 18.9 Å². The van der Waals surface area contributed by atoms with Gasteiger partial charge in [-0.25, -0.2) is 4.39 Å². The molecule has 26 heavy (non-hydrogen) atoms. The zero-order valence-corrected chi connectivity index (χ0v) is 14.7. The maximum absolute atomic E-state index is 12.8. The predicted molar refractivity (Wildman–Crippen MR) is 96.4 cm³/mol. The number of amides is 2. The van der Waals surface area contributed by atoms with Gasteiger partial charge in [-0.2, -0.15) is 5.26 Å². The first kappa shape index (κ1) is 19.4. The number of nitrogens with zero attached hydrogens (tertiary/aromatic N) is 1. The van der Waals surface area contributed by atoms with Crippen LogP contribution in [0.15, 0.2) is 42.5 Å². The third-order valence-electron chi connectivity index (χ3n) is 3.43. The molecule has 6 nitrogen and oxygen atoms in total. The lowest BCUT2D eigenvalue weighted by molar-refractivity contribution is -0.862. The van der Waals surface area contributed by atoms with E-state index in [1.165, 1.54) is 36.4 Å². The van der Waals surface area contributed by atoms with Crippen LogP contribution < -0.4 is 15.5 Å². The van der Waals surface area contributed by atoms with Crippen LogP contribution in [0.5, 0.6) is 0 Å². The number of likely N-dealkylation sites (N-methyl/N-ethyl adjacent to an activating group) is 1. The van der Waals surface area contributed by atoms with Crippen molar-refractivity contribution in [2.45, 2.75) is 0 Å². The fourth-order valence-electron chi connectivity index (χ4n) is 2.24. The number of carbonyl (C=O) groups excluding carboxylic acids is 2. The summed E-state index contributed by atoms with van der Waals surface area (Å²) in [5.41, 5.74) is 1.29. The molecule has 3 N–H and O–H groups in total. The normalized spacial score (nSPS) is 11.3. The van der Waals surface area contributed by atoms with E-state index in [1.54, 1.807) is 13.1 Å². The molecule has 0 aliphatic carbocycles. The van der Waals surface area contributed by atoms with E-state index in [-0.39, 0.29) is 35.7 Å². The van der Waals surface area contributed by atoms with Crippen molar-refractivity contribution in [3.05, 3.63) is 58.9 Å². The highest BCUT2D eigenvalue weighted by Crippen LogP contribution is 2.19. The van der Waals surface area contributed by atoms with E-state index in [9.17, 15) is 14.0 Å². The average Bonchev–Trinajstić information content (AvgIpc) is 2.56. The summed E-state index contributed by atoms with van der Waals surface area (Å²) in [6, 6.07) is 12.0. The van der Waals surface area contributed by atoms with Crippen LogP contribution in [-0.2, 0) is 9.59 Å². The Kier molecular flexibility index (Phi) is 6.67. The molecule has 2 aromatic carbocycles. The van der Waals surface area contributed by atoms with Crippen molar-refractivity contribution in [1.29, 1.82) is 5.26 Å². The Bertz CT molecular complexity index is 849. The second-order valence-corrected chi connectivity index (χ2v) is 6.13. The van der Waals surface area contributed by atoms with Crippen LogP contribution in [0, 0.1) is 17.1 Å². The molecule has 0 radical (unpaired) electrons. The highest BCUT2D eigenvalue weighted by molar-refractivity contribution is 6.32. The van der Waals surface area contributed by atoms with Crippen LogP contribution in [0.4, 0.5) is 15.8 Å². The summed E-state index contributed by atoms with van der Waals surface area (Å²) < 4.78 is 12.8. The molecular formula is C18H17ClFN4O2+. The van der Waals surface area contributed by atoms with Gasteiger partial charge in [0.2, 0.25) is 0 Å². The maximum Gasteiger partial charge on any atom is 0.279 e. The quantitative estimate of drug-likeness (QED) is 0.714. The van der Waals surface area contributed by atoms with Crippen LogP contribution in [0.1, 0.15) is 5.56 Å². The zero-order valence-electron chi connectivity index (χ0n) is 14.0. The SMILES string of the molecule is C[NH+](CC(=O)Nc1ccc(F)cc1)CC(=O)Nc1ccc(C#N)c(Cl)c1. The van der Waals surface area contributed by atoms with E-state index in [0.29, 0.717) is 21.8 Å². The number of anilines is 2. The van der Waals surface area contributed by atoms with E-state index in [0.717, 1.165) is 0 Å². The van der Waals surface area contributed by atoms with Gasteiger partial charge < -0.3 is 15.5 Å². The second-order valence-electron chi connectivity index (χ2n) is 5.72. The predicted octanol–water partition coefficient (Wildman–Crippen LogP) is 1.44. The van der Waals surface area contributed by atoms with Gasteiger partial charge in [-0.05, 0) is 42.5 Å². The molecule has 1 atom stereocenters. The summed E-state index contributed by atoms with van der Waals surface area (Å²) in [4.78, 5) is 24.7. The number of benzene rings is 2. The Labute approximate surface area is 155 Å². The summed E-state index contributed by atoms with van der Waals surface area (Å²) in [6.45, 7) is 0.132. The number of hydrogen-bond acceptors (Lipinski definition) is 3. The van der Waals surface area contributed by atoms with Crippen molar-refractivity contribution >= 4 is 34.8 Å². The van der Waals surface area contributed by atoms with Gasteiger partial charge in [0, 0.05) is 11.4 Å². The van der Waals surface area contributed by atoms with Gasteiger partial charge in [-0.3, -0.25) is 9.59 Å². The highest BCUT2D eigenvalue weighted by Gasteiger charge is 2.15. The monoisotopic (exact) mass is 375 g/mol. The van der Waals surface area contributed by atoms with Crippen LogP contribution in [0.25, 0.3) is 0 Å². The standard InChI is InChI=1S/C18H16ClFN4O2/c1-24(10-17(25)22-14-6-3-13(20)4-7-14)11-18(26)23-15-5-2-12(9-21)16(19)8-15/h2-8H,10-11H2,1H3,(H,22,25)(H,23,26)/p+1. The largest absolute Gasteiger partial charge is 0.322 e. The van der Waals surface area contributed by atoms with E-state index in [4.69, 9.17) is 16.9 Å². The Morgan fingerprint density at radius 2 is 1.62 bits per heavy atom. The Morgan fingerprint density at radius 3 is 2.15 bits per heavy atom. The summed E-state index contributed by atoms with van der Waals surface area (Å²) in [7, 11) is 1.70. The first-order chi connectivity index (χ1) is 12.4. The third-order valence-corrected chi connectivity index (χ3v) is 3.74. The minimum Gasteiger partial charge on any atom is -0.322 e. The molecule has 0 saturated heterocycles. The van der Waals surface area contributed by atoms with Crippen LogP contribution >= 0.6 is 11.6 Å². The lowest BCUT2D eigenvalue weighted by Crippen LogP contribution is -3.11. The average molecular weight is 376 g/mol. The number of carbonyl (C=O) groups is 2. The Morgan fingerprint density at radius 1 is 1.08 bits per heavy atom. The molecular weight excluding hydrogens is 359 g/mol. The van der Waals surface area contributed by atoms with Gasteiger partial charge in [0.15, 0.2) is 13.1 Å². The number of quaternary nitrogens is 1. The fraction of sp³-hybridized carbons (Fsp3) is 0.167. The van der Waals surface area contributed by atoms with Gasteiger partial charge in [0.05, 0.1) is 17.6 Å². The van der Waals surface area contributed by atoms with Crippen molar-refractivity contribution in [3.63, 3.8) is 0 Å². The van der Waals surface area contributed by atoms with E-state index >= 15 is 0 Å². The van der Waals surface area contributed by atoms with Gasteiger partial charge in [0.25, 0.3) is 11.8 Å². The van der Waals surface area contributed by atoms with Crippen LogP contribution in [0.3, 0.4) is 0 Å². The van der Waals surface area contributed by atoms with Gasteiger partial charge in [0.1, 0.15) is 11.9 Å². The molecule has 8 heteroatoms. The van der Waals surface area contributed by atoms with E-state index < -0.39 is 0 Å². The number of hydrogen-bond donors (Lipinski definition) is 3. The van der Waals surface area contributed by atoms with Gasteiger partial charge in [-0.1, -0.05) is 11.6 Å². The Hall–Kier alpha value is -2.95. The third kappa shape index (κ3) is 5.84.